The summed E-state index contributed by atoms with van der Waals surface area (Å²) in [6.45, 7) is 2.05. The zero-order chi connectivity index (χ0) is 17.6. The van der Waals surface area contributed by atoms with Gasteiger partial charge in [-0.1, -0.05) is 84.0 Å². The van der Waals surface area contributed by atoms with E-state index in [0.29, 0.717) is 6.42 Å². The largest absolute Gasteiger partial charge is 0.441 e. The van der Waals surface area contributed by atoms with Crippen molar-refractivity contribution < 1.29 is 19.7 Å². The fourth-order valence-corrected chi connectivity index (χ4v) is 3.33. The molecule has 0 aromatic carbocycles. The first-order valence-corrected chi connectivity index (χ1v) is 9.95. The molecule has 1 amide bonds. The summed E-state index contributed by atoms with van der Waals surface area (Å²) >= 11 is 0. The molecule has 0 bridgehead atoms. The maximum Gasteiger partial charge on any atom is 0.408 e. The Hall–Kier alpha value is -0.810. The summed E-state index contributed by atoms with van der Waals surface area (Å²) in [7, 11) is 0. The van der Waals surface area contributed by atoms with E-state index in [0.717, 1.165) is 12.8 Å². The van der Waals surface area contributed by atoms with Crippen LogP contribution in [-0.2, 0) is 4.74 Å². The monoisotopic (exact) mass is 343 g/mol. The Kier molecular flexibility index (Phi) is 11.9. The van der Waals surface area contributed by atoms with Gasteiger partial charge in [0.2, 0.25) is 0 Å². The van der Waals surface area contributed by atoms with Crippen LogP contribution < -0.4 is 5.32 Å². The van der Waals surface area contributed by atoms with Crippen LogP contribution in [-0.4, -0.2) is 41.2 Å². The number of hydrogen-bond donors (Lipinski definition) is 3. The van der Waals surface area contributed by atoms with E-state index in [2.05, 4.69) is 12.2 Å². The molecule has 3 N–H and O–H groups in total. The summed E-state index contributed by atoms with van der Waals surface area (Å²) in [5.41, 5.74) is 0. The second-order valence-electron chi connectivity index (χ2n) is 7.05. The van der Waals surface area contributed by atoms with E-state index in [1.807, 2.05) is 0 Å². The van der Waals surface area contributed by atoms with Crippen molar-refractivity contribution in [3.8, 4) is 0 Å². The van der Waals surface area contributed by atoms with E-state index in [9.17, 15) is 15.0 Å². The number of nitrogens with one attached hydrogen (secondary N) is 1. The van der Waals surface area contributed by atoms with E-state index in [1.54, 1.807) is 0 Å². The number of unbranched alkanes of at least 4 members (excludes halogenated alkanes) is 11. The lowest BCUT2D eigenvalue weighted by Crippen LogP contribution is -2.41. The minimum absolute atomic E-state index is 0.202. The van der Waals surface area contributed by atoms with E-state index in [-0.39, 0.29) is 6.61 Å². The maximum atomic E-state index is 11.1. The highest BCUT2D eigenvalue weighted by molar-refractivity contribution is 5.70. The Balaban J connectivity index is 1.90. The molecule has 5 nitrogen and oxygen atoms in total. The number of aliphatic hydroxyl groups is 2. The molecule has 0 saturated carbocycles. The SMILES string of the molecule is CCCCCCCCCCCCCC[C@@H](O)[C@H]1OC(=O)N[C@H]1CO. The normalized spacial score (nSPS) is 21.5. The van der Waals surface area contributed by atoms with Crippen molar-refractivity contribution >= 4 is 6.09 Å². The Bertz CT molecular complexity index is 324. The summed E-state index contributed by atoms with van der Waals surface area (Å²) in [4.78, 5) is 11.1. The number of alkyl carbamates (subject to hydrolysis) is 1. The Morgan fingerprint density at radius 2 is 1.46 bits per heavy atom. The van der Waals surface area contributed by atoms with Gasteiger partial charge in [-0.15, -0.1) is 0 Å². The fraction of sp³-hybridized carbons (Fsp3) is 0.947. The average molecular weight is 344 g/mol. The lowest BCUT2D eigenvalue weighted by Gasteiger charge is -2.20. The van der Waals surface area contributed by atoms with E-state index < -0.39 is 24.3 Å². The average Bonchev–Trinajstić information content (AvgIpc) is 2.96. The maximum absolute atomic E-state index is 11.1. The smallest absolute Gasteiger partial charge is 0.408 e. The summed E-state index contributed by atoms with van der Waals surface area (Å²) in [6.07, 6.45) is 14.1. The van der Waals surface area contributed by atoms with Crippen LogP contribution in [0.1, 0.15) is 90.4 Å². The second kappa shape index (κ2) is 13.5. The van der Waals surface area contributed by atoms with Crippen LogP contribution in [0.4, 0.5) is 4.79 Å². The third-order valence-electron chi connectivity index (χ3n) is 4.87. The molecule has 0 unspecified atom stereocenters. The third kappa shape index (κ3) is 8.88. The quantitative estimate of drug-likeness (QED) is 0.394. The molecule has 0 aromatic heterocycles. The zero-order valence-electron chi connectivity index (χ0n) is 15.3. The third-order valence-corrected chi connectivity index (χ3v) is 4.87. The Labute approximate surface area is 147 Å². The molecule has 0 aliphatic carbocycles. The lowest BCUT2D eigenvalue weighted by atomic mass is 10.00. The molecule has 1 fully saturated rings. The molecule has 1 heterocycles. The number of cyclic esters (lactones) is 1. The minimum Gasteiger partial charge on any atom is -0.441 e. The number of aliphatic hydroxyl groups excluding tert-OH is 2. The van der Waals surface area contributed by atoms with Crippen molar-refractivity contribution in [3.63, 3.8) is 0 Å². The highest BCUT2D eigenvalue weighted by Crippen LogP contribution is 2.18. The topological polar surface area (TPSA) is 78.8 Å². The first-order valence-electron chi connectivity index (χ1n) is 9.95. The lowest BCUT2D eigenvalue weighted by molar-refractivity contribution is 0.00504. The number of ether oxygens (including phenoxy) is 1. The molecule has 3 atom stereocenters. The molecule has 1 saturated heterocycles. The standard InChI is InChI=1S/C19H37NO4/c1-2-3-4-5-6-7-8-9-10-11-12-13-14-17(22)18-16(15-21)20-19(23)24-18/h16-18,21-22H,2-15H2,1H3,(H,20,23)/t16-,17+,18-/m0/s1. The summed E-state index contributed by atoms with van der Waals surface area (Å²) in [5, 5.41) is 21.8. The molecule has 0 spiro atoms. The predicted molar refractivity (Wildman–Crippen MR) is 96.0 cm³/mol. The number of rotatable bonds is 15. The van der Waals surface area contributed by atoms with E-state index in [4.69, 9.17) is 4.74 Å². The first-order chi connectivity index (χ1) is 11.7. The molecule has 1 aliphatic rings. The van der Waals surface area contributed by atoms with E-state index >= 15 is 0 Å². The Morgan fingerprint density at radius 3 is 1.96 bits per heavy atom. The second-order valence-corrected chi connectivity index (χ2v) is 7.05. The molecule has 0 aromatic rings. The van der Waals surface area contributed by atoms with Crippen LogP contribution >= 0.6 is 0 Å². The van der Waals surface area contributed by atoms with Gasteiger partial charge in [-0.25, -0.2) is 4.79 Å². The summed E-state index contributed by atoms with van der Waals surface area (Å²) < 4.78 is 5.02. The summed E-state index contributed by atoms with van der Waals surface area (Å²) in [5.74, 6) is 0. The van der Waals surface area contributed by atoms with E-state index in [1.165, 1.54) is 64.2 Å². The summed E-state index contributed by atoms with van der Waals surface area (Å²) in [6, 6.07) is -0.482. The van der Waals surface area contributed by atoms with Crippen molar-refractivity contribution in [1.82, 2.24) is 5.32 Å². The van der Waals surface area contributed by atoms with Crippen LogP contribution in [0.3, 0.4) is 0 Å². The molecule has 1 rings (SSSR count). The number of carbonyl (C=O) groups is 1. The Morgan fingerprint density at radius 1 is 0.958 bits per heavy atom. The van der Waals surface area contributed by atoms with Crippen molar-refractivity contribution in [2.24, 2.45) is 0 Å². The molecular weight excluding hydrogens is 306 g/mol. The van der Waals surface area contributed by atoms with Crippen molar-refractivity contribution in [3.05, 3.63) is 0 Å². The molecule has 24 heavy (non-hydrogen) atoms. The van der Waals surface area contributed by atoms with Crippen molar-refractivity contribution in [2.45, 2.75) is 109 Å². The number of hydrogen-bond acceptors (Lipinski definition) is 4. The first kappa shape index (κ1) is 21.2. The van der Waals surface area contributed by atoms with Crippen molar-refractivity contribution in [2.75, 3.05) is 6.61 Å². The van der Waals surface area contributed by atoms with Crippen LogP contribution in [0.5, 0.6) is 0 Å². The minimum atomic E-state index is -0.691. The predicted octanol–water partition coefficient (Wildman–Crippen LogP) is 3.91. The number of carbonyl (C=O) groups excluding carboxylic acids is 1. The number of amides is 1. The molecule has 1 aliphatic heterocycles. The van der Waals surface area contributed by atoms with Crippen LogP contribution in [0, 0.1) is 0 Å². The highest BCUT2D eigenvalue weighted by Gasteiger charge is 2.38. The van der Waals surface area contributed by atoms with Gasteiger partial charge >= 0.3 is 6.09 Å². The van der Waals surface area contributed by atoms with Crippen molar-refractivity contribution in [1.29, 1.82) is 0 Å². The van der Waals surface area contributed by atoms with Gasteiger partial charge in [-0.05, 0) is 6.42 Å². The molecule has 142 valence electrons. The molecule has 0 radical (unpaired) electrons. The zero-order valence-corrected chi connectivity index (χ0v) is 15.3. The van der Waals surface area contributed by atoms with Gasteiger partial charge in [-0.2, -0.15) is 0 Å². The highest BCUT2D eigenvalue weighted by atomic mass is 16.6. The van der Waals surface area contributed by atoms with Crippen LogP contribution in [0.15, 0.2) is 0 Å². The van der Waals surface area contributed by atoms with Gasteiger partial charge in [0, 0.05) is 0 Å². The van der Waals surface area contributed by atoms with Crippen LogP contribution in [0.25, 0.3) is 0 Å². The molecular formula is C19H37NO4. The van der Waals surface area contributed by atoms with Gasteiger partial charge < -0.3 is 20.3 Å². The van der Waals surface area contributed by atoms with Gasteiger partial charge in [0.15, 0.2) is 6.10 Å². The van der Waals surface area contributed by atoms with Gasteiger partial charge in [-0.3, -0.25) is 0 Å². The van der Waals surface area contributed by atoms with Crippen LogP contribution in [0.2, 0.25) is 0 Å². The van der Waals surface area contributed by atoms with Gasteiger partial charge in [0.05, 0.1) is 18.8 Å². The van der Waals surface area contributed by atoms with Gasteiger partial charge in [0.25, 0.3) is 0 Å². The fourth-order valence-electron chi connectivity index (χ4n) is 3.33. The van der Waals surface area contributed by atoms with Gasteiger partial charge in [0.1, 0.15) is 0 Å². The molecule has 5 heteroatoms.